The van der Waals surface area contributed by atoms with Gasteiger partial charge in [-0.2, -0.15) is 4.31 Å². The molecule has 0 radical (unpaired) electrons. The second-order valence-corrected chi connectivity index (χ2v) is 7.31. The van der Waals surface area contributed by atoms with Gasteiger partial charge in [0.15, 0.2) is 6.54 Å². The first-order chi connectivity index (χ1) is 8.24. The number of esters is 1. The summed E-state index contributed by atoms with van der Waals surface area (Å²) in [4.78, 5) is 11.2. The van der Waals surface area contributed by atoms with Crippen LogP contribution in [-0.2, 0) is 19.6 Å². The van der Waals surface area contributed by atoms with Crippen LogP contribution in [0, 0.1) is 0 Å². The number of hydrogen-bond donors (Lipinski definition) is 0. The van der Waals surface area contributed by atoms with E-state index in [1.807, 2.05) is 21.0 Å². The quantitative estimate of drug-likeness (QED) is 0.374. The normalized spacial score (nSPS) is 25.8. The lowest BCUT2D eigenvalue weighted by Gasteiger charge is -2.28. The highest BCUT2D eigenvalue weighted by Crippen LogP contribution is 2.33. The molecule has 0 aromatic heterocycles. The van der Waals surface area contributed by atoms with Gasteiger partial charge in [0.2, 0.25) is 10.0 Å². The summed E-state index contributed by atoms with van der Waals surface area (Å²) in [5.74, 6) is -0.245. The Bertz CT molecular complexity index is 405. The van der Waals surface area contributed by atoms with Gasteiger partial charge in [-0.15, -0.1) is 0 Å². The van der Waals surface area contributed by atoms with Gasteiger partial charge < -0.3 is 9.22 Å². The lowest BCUT2D eigenvalue weighted by molar-refractivity contribution is -0.883. The van der Waals surface area contributed by atoms with E-state index in [0.717, 1.165) is 13.0 Å². The minimum Gasteiger partial charge on any atom is -0.465 e. The van der Waals surface area contributed by atoms with Crippen molar-refractivity contribution >= 4 is 16.0 Å². The van der Waals surface area contributed by atoms with Crippen LogP contribution in [0.2, 0.25) is 0 Å². The van der Waals surface area contributed by atoms with E-state index in [9.17, 15) is 13.2 Å². The van der Waals surface area contributed by atoms with Crippen molar-refractivity contribution in [1.82, 2.24) is 4.31 Å². The Morgan fingerprint density at radius 2 is 2.00 bits per heavy atom. The maximum Gasteiger partial charge on any atom is 0.361 e. The average Bonchev–Trinajstić information content (AvgIpc) is 2.78. The number of rotatable bonds is 7. The van der Waals surface area contributed by atoms with Gasteiger partial charge in [-0.1, -0.05) is 6.92 Å². The van der Waals surface area contributed by atoms with Crippen molar-refractivity contribution in [3.05, 3.63) is 0 Å². The molecule has 0 aromatic rings. The monoisotopic (exact) mass is 279 g/mol. The van der Waals surface area contributed by atoms with Crippen molar-refractivity contribution in [3.8, 4) is 0 Å². The molecule has 106 valence electrons. The summed E-state index contributed by atoms with van der Waals surface area (Å²) in [5, 5.41) is -0.284. The maximum absolute atomic E-state index is 11.5. The Labute approximate surface area is 109 Å². The molecule has 0 amide bonds. The Hall–Kier alpha value is -0.660. The van der Waals surface area contributed by atoms with Crippen molar-refractivity contribution in [1.29, 1.82) is 0 Å². The van der Waals surface area contributed by atoms with Gasteiger partial charge in [-0.25, -0.2) is 13.2 Å². The molecule has 1 aliphatic heterocycles. The number of quaternary nitrogens is 1. The second kappa shape index (κ2) is 5.54. The van der Waals surface area contributed by atoms with Crippen LogP contribution in [0.25, 0.3) is 0 Å². The molecule has 1 fully saturated rings. The molecule has 1 saturated heterocycles. The van der Waals surface area contributed by atoms with Gasteiger partial charge in [0.1, 0.15) is 5.37 Å². The van der Waals surface area contributed by atoms with Crippen LogP contribution in [0.4, 0.5) is 0 Å². The van der Waals surface area contributed by atoms with Crippen LogP contribution >= 0.6 is 0 Å². The molecule has 0 spiro atoms. The summed E-state index contributed by atoms with van der Waals surface area (Å²) >= 11 is 0. The summed E-state index contributed by atoms with van der Waals surface area (Å²) in [5.41, 5.74) is 0. The molecule has 1 heterocycles. The standard InChI is InChI=1S/C11H23N2O4S/c1-5-10-12(18(10,15)16)7-6-8-13(2,3)9-11(14)17-4/h10H,5-9H2,1-4H3/q+1. The predicted octanol–water partition coefficient (Wildman–Crippen LogP) is 0.00740. The van der Waals surface area contributed by atoms with Crippen molar-refractivity contribution < 1.29 is 22.4 Å². The minimum atomic E-state index is -2.96. The summed E-state index contributed by atoms with van der Waals surface area (Å²) < 4.78 is 29.6. The molecular formula is C11H23N2O4S+. The lowest BCUT2D eigenvalue weighted by Crippen LogP contribution is -2.45. The Morgan fingerprint density at radius 1 is 1.39 bits per heavy atom. The average molecular weight is 279 g/mol. The third kappa shape index (κ3) is 3.66. The number of sulfonamides is 1. The zero-order valence-corrected chi connectivity index (χ0v) is 12.4. The largest absolute Gasteiger partial charge is 0.465 e. The van der Waals surface area contributed by atoms with Crippen molar-refractivity contribution in [2.24, 2.45) is 0 Å². The number of carbonyl (C=O) groups is 1. The van der Waals surface area contributed by atoms with Gasteiger partial charge >= 0.3 is 5.97 Å². The fraction of sp³-hybridized carbons (Fsp3) is 0.909. The Morgan fingerprint density at radius 3 is 2.44 bits per heavy atom. The molecule has 0 saturated carbocycles. The third-order valence-corrected chi connectivity index (χ3v) is 5.37. The van der Waals surface area contributed by atoms with Gasteiger partial charge in [0.25, 0.3) is 0 Å². The molecule has 0 aromatic carbocycles. The SMILES string of the molecule is CCC1N(CCC[N+](C)(C)CC(=O)OC)S1(=O)=O. The first-order valence-corrected chi connectivity index (χ1v) is 7.64. The Kier molecular flexibility index (Phi) is 4.74. The number of hydrogen-bond acceptors (Lipinski definition) is 4. The fourth-order valence-electron chi connectivity index (χ4n) is 2.12. The molecule has 7 heteroatoms. The highest BCUT2D eigenvalue weighted by Gasteiger charge is 2.52. The minimum absolute atomic E-state index is 0.245. The second-order valence-electron chi connectivity index (χ2n) is 5.27. The van der Waals surface area contributed by atoms with Crippen LogP contribution in [-0.4, -0.2) is 69.4 Å². The summed E-state index contributed by atoms with van der Waals surface area (Å²) in [6.45, 7) is 3.47. The molecule has 2 atom stereocenters. The van der Waals surface area contributed by atoms with E-state index in [0.29, 0.717) is 24.0 Å². The highest BCUT2D eigenvalue weighted by atomic mass is 32.2. The van der Waals surface area contributed by atoms with Gasteiger partial charge in [-0.05, 0) is 6.42 Å². The number of methoxy groups -OCH3 is 1. The van der Waals surface area contributed by atoms with Crippen LogP contribution in [0.15, 0.2) is 0 Å². The van der Waals surface area contributed by atoms with Gasteiger partial charge in [0.05, 0.1) is 27.7 Å². The van der Waals surface area contributed by atoms with E-state index in [1.165, 1.54) is 11.4 Å². The number of carbonyl (C=O) groups excluding carboxylic acids is 1. The van der Waals surface area contributed by atoms with E-state index in [2.05, 4.69) is 4.74 Å². The molecule has 1 rings (SSSR count). The molecule has 1 aliphatic rings. The molecular weight excluding hydrogens is 256 g/mol. The molecule has 18 heavy (non-hydrogen) atoms. The fourth-order valence-corrected chi connectivity index (χ4v) is 3.96. The van der Waals surface area contributed by atoms with E-state index < -0.39 is 10.0 Å². The van der Waals surface area contributed by atoms with Crippen LogP contribution in [0.5, 0.6) is 0 Å². The topological polar surface area (TPSA) is 63.4 Å². The molecule has 0 N–H and O–H groups in total. The molecule has 2 unspecified atom stereocenters. The van der Waals surface area contributed by atoms with Crippen molar-refractivity contribution in [2.75, 3.05) is 40.8 Å². The van der Waals surface area contributed by atoms with E-state index >= 15 is 0 Å². The highest BCUT2D eigenvalue weighted by molar-refractivity contribution is 7.95. The zero-order chi connectivity index (χ0) is 14.0. The number of likely N-dealkylation sites (N-methyl/N-ethyl adjacent to an activating group) is 1. The maximum atomic E-state index is 11.5. The zero-order valence-electron chi connectivity index (χ0n) is 11.5. The van der Waals surface area contributed by atoms with Gasteiger partial charge in [-0.3, -0.25) is 0 Å². The molecule has 6 nitrogen and oxygen atoms in total. The van der Waals surface area contributed by atoms with E-state index in [1.54, 1.807) is 0 Å². The van der Waals surface area contributed by atoms with Crippen LogP contribution in [0.1, 0.15) is 19.8 Å². The van der Waals surface area contributed by atoms with E-state index in [-0.39, 0.29) is 11.3 Å². The first kappa shape index (κ1) is 15.4. The third-order valence-electron chi connectivity index (χ3n) is 3.22. The lowest BCUT2D eigenvalue weighted by atomic mass is 10.3. The molecule has 0 aliphatic carbocycles. The summed E-state index contributed by atoms with van der Waals surface area (Å²) in [6, 6.07) is 0. The predicted molar refractivity (Wildman–Crippen MR) is 68.2 cm³/mol. The van der Waals surface area contributed by atoms with E-state index in [4.69, 9.17) is 0 Å². The summed E-state index contributed by atoms with van der Waals surface area (Å²) in [7, 11) is 2.28. The van der Waals surface area contributed by atoms with Crippen LogP contribution < -0.4 is 0 Å². The number of ether oxygens (including phenoxy) is 1. The van der Waals surface area contributed by atoms with Crippen molar-refractivity contribution in [2.45, 2.75) is 25.1 Å². The Balaban J connectivity index is 2.32. The first-order valence-electron chi connectivity index (χ1n) is 6.14. The number of nitrogens with zero attached hydrogens (tertiary/aromatic N) is 2. The van der Waals surface area contributed by atoms with Gasteiger partial charge in [0, 0.05) is 13.0 Å². The molecule has 0 bridgehead atoms. The smallest absolute Gasteiger partial charge is 0.361 e. The van der Waals surface area contributed by atoms with Crippen LogP contribution in [0.3, 0.4) is 0 Å². The summed E-state index contributed by atoms with van der Waals surface area (Å²) in [6.07, 6.45) is 1.39. The van der Waals surface area contributed by atoms with Crippen molar-refractivity contribution in [3.63, 3.8) is 0 Å².